The number of alkyl halides is 2. The van der Waals surface area contributed by atoms with E-state index < -0.39 is 6.43 Å². The molecule has 0 saturated carbocycles. The normalized spacial score (nSPS) is 11.0. The fourth-order valence-corrected chi connectivity index (χ4v) is 1.05. The minimum Gasteiger partial charge on any atom is -0.493 e. The zero-order valence-electron chi connectivity index (χ0n) is 8.34. The molecule has 0 bridgehead atoms. The summed E-state index contributed by atoms with van der Waals surface area (Å²) in [5.41, 5.74) is -0.0341. The van der Waals surface area contributed by atoms with E-state index in [4.69, 9.17) is 4.74 Å². The van der Waals surface area contributed by atoms with Crippen LogP contribution in [-0.4, -0.2) is 6.61 Å². The average molecular weight is 200 g/mol. The van der Waals surface area contributed by atoms with Crippen molar-refractivity contribution in [3.8, 4) is 5.75 Å². The number of ether oxygens (including phenoxy) is 1. The molecule has 0 heterocycles. The molecule has 0 aliphatic rings. The van der Waals surface area contributed by atoms with Gasteiger partial charge in [-0.05, 0) is 18.1 Å². The Morgan fingerprint density at radius 2 is 1.86 bits per heavy atom. The first-order valence-electron chi connectivity index (χ1n) is 4.61. The average Bonchev–Trinajstić information content (AvgIpc) is 2.15. The molecule has 1 aromatic rings. The van der Waals surface area contributed by atoms with E-state index in [9.17, 15) is 8.78 Å². The first-order chi connectivity index (χ1) is 6.61. The molecule has 78 valence electrons. The van der Waals surface area contributed by atoms with Crippen molar-refractivity contribution in [3.63, 3.8) is 0 Å². The van der Waals surface area contributed by atoms with E-state index in [-0.39, 0.29) is 11.3 Å². The maximum Gasteiger partial charge on any atom is 0.267 e. The molecule has 0 spiro atoms. The molecule has 0 fully saturated rings. The summed E-state index contributed by atoms with van der Waals surface area (Å²) >= 11 is 0. The number of hydrogen-bond acceptors (Lipinski definition) is 1. The Bertz CT molecular complexity index is 284. The van der Waals surface area contributed by atoms with Crippen LogP contribution in [0, 0.1) is 5.92 Å². The van der Waals surface area contributed by atoms with Crippen LogP contribution in [-0.2, 0) is 0 Å². The minimum absolute atomic E-state index is 0.0341. The van der Waals surface area contributed by atoms with Gasteiger partial charge in [0.2, 0.25) is 0 Å². The summed E-state index contributed by atoms with van der Waals surface area (Å²) < 4.78 is 30.2. The molecule has 0 amide bonds. The number of rotatable bonds is 4. The van der Waals surface area contributed by atoms with Gasteiger partial charge in [0.1, 0.15) is 5.75 Å². The van der Waals surface area contributed by atoms with E-state index in [1.54, 1.807) is 18.2 Å². The summed E-state index contributed by atoms with van der Waals surface area (Å²) in [6.07, 6.45) is -2.47. The van der Waals surface area contributed by atoms with Crippen molar-refractivity contribution < 1.29 is 13.5 Å². The molecule has 14 heavy (non-hydrogen) atoms. The zero-order chi connectivity index (χ0) is 10.6. The molecule has 1 aromatic carbocycles. The second-order valence-electron chi connectivity index (χ2n) is 3.54. The molecule has 3 heteroatoms. The fourth-order valence-electron chi connectivity index (χ4n) is 1.05. The molecule has 0 atom stereocenters. The van der Waals surface area contributed by atoms with Gasteiger partial charge in [-0.25, -0.2) is 8.78 Å². The largest absolute Gasteiger partial charge is 0.493 e. The van der Waals surface area contributed by atoms with Crippen molar-refractivity contribution in [1.82, 2.24) is 0 Å². The fraction of sp³-hybridized carbons (Fsp3) is 0.455. The van der Waals surface area contributed by atoms with Gasteiger partial charge in [0.15, 0.2) is 0 Å². The molecular weight excluding hydrogens is 186 g/mol. The Kier molecular flexibility index (Phi) is 3.86. The smallest absolute Gasteiger partial charge is 0.267 e. The monoisotopic (exact) mass is 200 g/mol. The van der Waals surface area contributed by atoms with Crippen molar-refractivity contribution >= 4 is 0 Å². The molecule has 0 radical (unpaired) electrons. The highest BCUT2D eigenvalue weighted by Crippen LogP contribution is 2.28. The van der Waals surface area contributed by atoms with Crippen LogP contribution in [0.3, 0.4) is 0 Å². The van der Waals surface area contributed by atoms with E-state index >= 15 is 0 Å². The van der Waals surface area contributed by atoms with Gasteiger partial charge in [-0.15, -0.1) is 0 Å². The molecule has 1 rings (SSSR count). The van der Waals surface area contributed by atoms with Gasteiger partial charge in [-0.2, -0.15) is 0 Å². The first-order valence-corrected chi connectivity index (χ1v) is 4.61. The Hall–Kier alpha value is -1.12. The van der Waals surface area contributed by atoms with E-state index in [1.807, 2.05) is 13.8 Å². The van der Waals surface area contributed by atoms with E-state index in [0.29, 0.717) is 12.5 Å². The number of benzene rings is 1. The SMILES string of the molecule is CC(C)COc1ccccc1C(F)F. The van der Waals surface area contributed by atoms with Crippen LogP contribution in [0.4, 0.5) is 8.78 Å². The summed E-state index contributed by atoms with van der Waals surface area (Å²) in [7, 11) is 0. The number of hydrogen-bond donors (Lipinski definition) is 0. The molecular formula is C11H14F2O. The predicted molar refractivity (Wildman–Crippen MR) is 51.7 cm³/mol. The third-order valence-electron chi connectivity index (χ3n) is 1.73. The molecule has 0 saturated heterocycles. The van der Waals surface area contributed by atoms with Crippen LogP contribution in [0.25, 0.3) is 0 Å². The maximum absolute atomic E-state index is 12.5. The summed E-state index contributed by atoms with van der Waals surface area (Å²) in [4.78, 5) is 0. The Morgan fingerprint density at radius 1 is 1.21 bits per heavy atom. The molecule has 0 unspecified atom stereocenters. The Morgan fingerprint density at radius 3 is 2.43 bits per heavy atom. The summed E-state index contributed by atoms with van der Waals surface area (Å²) in [5.74, 6) is 0.622. The Balaban J connectivity index is 2.74. The second kappa shape index (κ2) is 4.94. The third-order valence-corrected chi connectivity index (χ3v) is 1.73. The molecule has 1 nitrogen and oxygen atoms in total. The summed E-state index contributed by atoms with van der Waals surface area (Å²) in [6.45, 7) is 4.42. The quantitative estimate of drug-likeness (QED) is 0.720. The van der Waals surface area contributed by atoms with Crippen LogP contribution < -0.4 is 4.74 Å². The standard InChI is InChI=1S/C11H14F2O/c1-8(2)7-14-10-6-4-3-5-9(10)11(12)13/h3-6,8,11H,7H2,1-2H3. The van der Waals surface area contributed by atoms with Crippen LogP contribution in [0.2, 0.25) is 0 Å². The highest BCUT2D eigenvalue weighted by Gasteiger charge is 2.13. The van der Waals surface area contributed by atoms with Crippen LogP contribution in [0.1, 0.15) is 25.8 Å². The summed E-state index contributed by atoms with van der Waals surface area (Å²) in [5, 5.41) is 0. The maximum atomic E-state index is 12.5. The first kappa shape index (κ1) is 11.0. The number of halogens is 2. The topological polar surface area (TPSA) is 9.23 Å². The van der Waals surface area contributed by atoms with Crippen molar-refractivity contribution in [1.29, 1.82) is 0 Å². The lowest BCUT2D eigenvalue weighted by Crippen LogP contribution is -2.06. The molecule has 0 N–H and O–H groups in total. The lowest BCUT2D eigenvalue weighted by atomic mass is 10.2. The molecule has 0 aliphatic heterocycles. The van der Waals surface area contributed by atoms with Crippen molar-refractivity contribution in [2.45, 2.75) is 20.3 Å². The van der Waals surface area contributed by atoms with Gasteiger partial charge in [-0.1, -0.05) is 26.0 Å². The van der Waals surface area contributed by atoms with Gasteiger partial charge in [0, 0.05) is 0 Å². The van der Waals surface area contributed by atoms with Crippen molar-refractivity contribution in [2.24, 2.45) is 5.92 Å². The highest BCUT2D eigenvalue weighted by molar-refractivity contribution is 5.34. The van der Waals surface area contributed by atoms with Gasteiger partial charge in [-0.3, -0.25) is 0 Å². The zero-order valence-corrected chi connectivity index (χ0v) is 8.34. The van der Waals surface area contributed by atoms with Gasteiger partial charge in [0.05, 0.1) is 12.2 Å². The minimum atomic E-state index is -2.47. The van der Waals surface area contributed by atoms with Crippen LogP contribution >= 0.6 is 0 Å². The second-order valence-corrected chi connectivity index (χ2v) is 3.54. The van der Waals surface area contributed by atoms with Gasteiger partial charge in [0.25, 0.3) is 6.43 Å². The van der Waals surface area contributed by atoms with Crippen molar-refractivity contribution in [3.05, 3.63) is 29.8 Å². The third kappa shape index (κ3) is 2.98. The molecule has 0 aromatic heterocycles. The van der Waals surface area contributed by atoms with E-state index in [2.05, 4.69) is 0 Å². The molecule has 0 aliphatic carbocycles. The summed E-state index contributed by atoms with van der Waals surface area (Å²) in [6, 6.07) is 6.25. The highest BCUT2D eigenvalue weighted by atomic mass is 19.3. The van der Waals surface area contributed by atoms with E-state index in [0.717, 1.165) is 0 Å². The van der Waals surface area contributed by atoms with Crippen LogP contribution in [0.5, 0.6) is 5.75 Å². The number of para-hydroxylation sites is 1. The lowest BCUT2D eigenvalue weighted by molar-refractivity contribution is 0.143. The van der Waals surface area contributed by atoms with Crippen molar-refractivity contribution in [2.75, 3.05) is 6.61 Å². The lowest BCUT2D eigenvalue weighted by Gasteiger charge is -2.12. The van der Waals surface area contributed by atoms with Gasteiger partial charge >= 0.3 is 0 Å². The predicted octanol–water partition coefficient (Wildman–Crippen LogP) is 3.66. The Labute approximate surface area is 82.7 Å². The van der Waals surface area contributed by atoms with Gasteiger partial charge < -0.3 is 4.74 Å². The van der Waals surface area contributed by atoms with E-state index in [1.165, 1.54) is 6.07 Å². The van der Waals surface area contributed by atoms with Crippen LogP contribution in [0.15, 0.2) is 24.3 Å².